The lowest BCUT2D eigenvalue weighted by Crippen LogP contribution is -2.51. The molecule has 31 heteroatoms. The molecule has 8 N–H and O–H groups in total. The van der Waals surface area contributed by atoms with Gasteiger partial charge in [-0.3, -0.25) is 52.1 Å². The summed E-state index contributed by atoms with van der Waals surface area (Å²) in [6.07, 6.45) is -9.87. The van der Waals surface area contributed by atoms with Crippen LogP contribution < -0.4 is 33.8 Å². The number of nitrogen functional groups attached to an aromatic ring is 1. The third-order valence-corrected chi connectivity index (χ3v) is 15.1. The van der Waals surface area contributed by atoms with Crippen LogP contribution in [0.1, 0.15) is 39.5 Å². The molecule has 5 aliphatic rings. The van der Waals surface area contributed by atoms with Crippen molar-refractivity contribution < 1.29 is 61.4 Å². The second-order valence-corrected chi connectivity index (χ2v) is 21.3. The van der Waals surface area contributed by atoms with Gasteiger partial charge in [-0.25, -0.2) is 14.6 Å². The molecule has 0 spiro atoms. The second kappa shape index (κ2) is 16.3. The number of hydrogen-bond donors (Lipinski definition) is 7. The van der Waals surface area contributed by atoms with Crippen molar-refractivity contribution in [2.45, 2.75) is 106 Å². The zero-order valence-electron chi connectivity index (χ0n) is 33.7. The summed E-state index contributed by atoms with van der Waals surface area (Å²) in [7, 11) is 1.31. The lowest BCUT2D eigenvalue weighted by atomic mass is 9.94. The number of aromatic amines is 3. The van der Waals surface area contributed by atoms with Crippen LogP contribution in [0.5, 0.6) is 0 Å². The van der Waals surface area contributed by atoms with Crippen molar-refractivity contribution in [3.63, 3.8) is 0 Å². The van der Waals surface area contributed by atoms with Crippen LogP contribution in [-0.2, 0) is 70.1 Å². The third kappa shape index (κ3) is 7.54. The lowest BCUT2D eigenvalue weighted by molar-refractivity contribution is -0.217. The van der Waals surface area contributed by atoms with E-state index in [0.29, 0.717) is 0 Å². The SMILES string of the molecule is CO[C@@H]1[C@@H](OP(O)(=S)OC[C@]23O[C@H](n4ccc(=O)[nH]c4=O)[C@H](O[C@H]2C)[C@H]3OP(O)(=S)OC[C@]23O[C@@H](n4cnc5c(=O)[nH]c(N)nc54)[C@H](O[C@H]2C)[C@H]3O)[C@@H](C)O[C@@H]1n1ccc(=O)[nH]c1=O. The van der Waals surface area contributed by atoms with E-state index in [2.05, 4.69) is 24.9 Å². The number of nitrogens with zero attached hydrogens (tertiary/aromatic N) is 5. The Kier molecular flexibility index (Phi) is 11.5. The van der Waals surface area contributed by atoms with Crippen molar-refractivity contribution >= 4 is 54.2 Å². The molecule has 5 aliphatic heterocycles. The summed E-state index contributed by atoms with van der Waals surface area (Å²) in [6, 6.07) is 2.18. The van der Waals surface area contributed by atoms with Gasteiger partial charge in [0.15, 0.2) is 29.8 Å². The minimum absolute atomic E-state index is 0.0448. The molecule has 64 heavy (non-hydrogen) atoms. The van der Waals surface area contributed by atoms with Crippen LogP contribution in [0, 0.1) is 0 Å². The fraction of sp³-hybridized carbons (Fsp3) is 0.606. The molecule has 16 atom stereocenters. The zero-order chi connectivity index (χ0) is 45.8. The van der Waals surface area contributed by atoms with Gasteiger partial charge in [0.05, 0.1) is 37.9 Å². The minimum atomic E-state index is -4.47. The molecule has 5 fully saturated rings. The molecular weight excluding hydrogens is 936 g/mol. The first kappa shape index (κ1) is 45.4. The first-order valence-electron chi connectivity index (χ1n) is 19.4. The monoisotopic (exact) mass is 977 g/mol. The molecule has 0 radical (unpaired) electrons. The number of rotatable bonds is 14. The first-order valence-corrected chi connectivity index (χ1v) is 24.6. The highest BCUT2D eigenvalue weighted by Crippen LogP contribution is 2.60. The summed E-state index contributed by atoms with van der Waals surface area (Å²) in [6.45, 7) is -5.35. The van der Waals surface area contributed by atoms with E-state index in [9.17, 15) is 38.9 Å². The first-order chi connectivity index (χ1) is 30.2. The Morgan fingerprint density at radius 2 is 1.36 bits per heavy atom. The zero-order valence-corrected chi connectivity index (χ0v) is 37.1. The quantitative estimate of drug-likeness (QED) is 0.0639. The van der Waals surface area contributed by atoms with Gasteiger partial charge < -0.3 is 58.1 Å². The number of imidazole rings is 1. The Bertz CT molecular complexity index is 2890. The average Bonchev–Trinajstić information content (AvgIpc) is 4.02. The van der Waals surface area contributed by atoms with Crippen LogP contribution in [-0.4, -0.2) is 140 Å². The van der Waals surface area contributed by atoms with Gasteiger partial charge in [-0.05, 0) is 44.4 Å². The van der Waals surface area contributed by atoms with Crippen LogP contribution in [0.3, 0.4) is 0 Å². The van der Waals surface area contributed by atoms with Crippen molar-refractivity contribution in [1.29, 1.82) is 0 Å². The topological polar surface area (TPSA) is 352 Å². The van der Waals surface area contributed by atoms with E-state index in [1.165, 1.54) is 24.2 Å². The Morgan fingerprint density at radius 1 is 0.797 bits per heavy atom. The van der Waals surface area contributed by atoms with Gasteiger partial charge in [0, 0.05) is 31.6 Å². The molecule has 0 aliphatic carbocycles. The standard InChI is InChI=1S/C33H41N9O18P2S2/c1-12-18(19(51-4)26(54-12)40-7-5-15(43)36-30(40)47)59-61(49,63)53-10-33-14(3)56-21(28(58-33)41-8-6-16(44)37-31(41)48)23(33)60-62(50,64)52-9-32-13(2)55-20(22(32)45)27(57-32)42-11-35-17-24(42)38-29(34)39-25(17)46/h5-8,11-14,18-23,26-28,45H,9-10H2,1-4H3,(H,49,63)(H,50,64)(H,36,43,47)(H,37,44,48)(H3,34,38,39,46)/t12-,13+,14+,18+,19-,20-,21-,22-,23-,26+,27-,28+,32+,33+,61?,62?/m1/s1. The van der Waals surface area contributed by atoms with Crippen LogP contribution in [0.4, 0.5) is 5.95 Å². The van der Waals surface area contributed by atoms with E-state index in [1.54, 1.807) is 20.8 Å². The number of H-pyrrole nitrogens is 3. The number of methoxy groups -OCH3 is 1. The molecule has 9 rings (SSSR count). The minimum Gasteiger partial charge on any atom is -0.387 e. The van der Waals surface area contributed by atoms with E-state index in [0.717, 1.165) is 27.5 Å². The molecule has 27 nitrogen and oxygen atoms in total. The summed E-state index contributed by atoms with van der Waals surface area (Å²) >= 11 is 11.0. The van der Waals surface area contributed by atoms with E-state index in [-0.39, 0.29) is 17.1 Å². The van der Waals surface area contributed by atoms with Gasteiger partial charge >= 0.3 is 24.8 Å². The Balaban J connectivity index is 0.959. The van der Waals surface area contributed by atoms with Crippen LogP contribution in [0.25, 0.3) is 11.2 Å². The number of anilines is 1. The maximum atomic E-state index is 13.0. The highest BCUT2D eigenvalue weighted by Gasteiger charge is 2.70. The second-order valence-electron chi connectivity index (χ2n) is 15.7. The van der Waals surface area contributed by atoms with Gasteiger partial charge in [0.25, 0.3) is 16.7 Å². The van der Waals surface area contributed by atoms with E-state index < -0.39 is 140 Å². The van der Waals surface area contributed by atoms with Crippen molar-refractivity contribution in [2.24, 2.45) is 0 Å². The summed E-state index contributed by atoms with van der Waals surface area (Å²) in [5, 5.41) is 11.5. The molecule has 348 valence electrons. The number of ether oxygens (including phenoxy) is 6. The van der Waals surface area contributed by atoms with Gasteiger partial charge in [0.1, 0.15) is 47.8 Å². The molecule has 0 amide bonds. The summed E-state index contributed by atoms with van der Waals surface area (Å²) in [4.78, 5) is 100. The van der Waals surface area contributed by atoms with Crippen molar-refractivity contribution in [3.8, 4) is 0 Å². The molecule has 4 bridgehead atoms. The number of nitrogens with two attached hydrogens (primary N) is 1. The molecule has 4 aromatic heterocycles. The fourth-order valence-corrected chi connectivity index (χ4v) is 11.7. The summed E-state index contributed by atoms with van der Waals surface area (Å²) in [5.74, 6) is -0.187. The predicted octanol–water partition coefficient (Wildman–Crippen LogP) is -2.56. The molecule has 9 heterocycles. The van der Waals surface area contributed by atoms with Gasteiger partial charge in [-0.15, -0.1) is 0 Å². The highest BCUT2D eigenvalue weighted by molar-refractivity contribution is 8.07. The summed E-state index contributed by atoms with van der Waals surface area (Å²) < 4.78 is 64.0. The number of fused-ring (bicyclic) bond motifs is 5. The van der Waals surface area contributed by atoms with Gasteiger partial charge in [-0.1, -0.05) is 0 Å². The number of aliphatic hydroxyl groups is 1. The maximum Gasteiger partial charge on any atom is 0.330 e. The van der Waals surface area contributed by atoms with E-state index >= 15 is 0 Å². The van der Waals surface area contributed by atoms with E-state index in [1.807, 2.05) is 0 Å². The fourth-order valence-electron chi connectivity index (χ4n) is 8.81. The van der Waals surface area contributed by atoms with Gasteiger partial charge in [0.2, 0.25) is 5.95 Å². The molecule has 0 aromatic carbocycles. The van der Waals surface area contributed by atoms with Crippen LogP contribution in [0.2, 0.25) is 0 Å². The van der Waals surface area contributed by atoms with Crippen LogP contribution >= 0.6 is 13.4 Å². The molecule has 4 aromatic rings. The molecular formula is C33H41N9O18P2S2. The Labute approximate surface area is 367 Å². The normalized spacial score (nSPS) is 37.4. The largest absolute Gasteiger partial charge is 0.387 e. The average molecular weight is 978 g/mol. The smallest absolute Gasteiger partial charge is 0.330 e. The summed E-state index contributed by atoms with van der Waals surface area (Å²) in [5.41, 5.74) is -1.33. The van der Waals surface area contributed by atoms with E-state index in [4.69, 9.17) is 75.9 Å². The number of aromatic nitrogens is 8. The number of hydrogen-bond acceptors (Lipinski definition) is 21. The van der Waals surface area contributed by atoms with Crippen molar-refractivity contribution in [2.75, 3.05) is 26.1 Å². The lowest BCUT2D eigenvalue weighted by Gasteiger charge is -2.38. The number of aliphatic hydroxyl groups excluding tert-OH is 1. The molecule has 0 saturated carbocycles. The Morgan fingerprint density at radius 3 is 2.00 bits per heavy atom. The van der Waals surface area contributed by atoms with Gasteiger partial charge in [-0.2, -0.15) is 4.98 Å². The third-order valence-electron chi connectivity index (χ3n) is 12.0. The highest BCUT2D eigenvalue weighted by atomic mass is 32.5. The molecule has 5 saturated heterocycles. The van der Waals surface area contributed by atoms with Crippen molar-refractivity contribution in [3.05, 3.63) is 82.9 Å². The predicted molar refractivity (Wildman–Crippen MR) is 221 cm³/mol. The van der Waals surface area contributed by atoms with Crippen molar-refractivity contribution in [1.82, 2.24) is 38.6 Å². The number of nitrogens with one attached hydrogen (secondary N) is 3. The van der Waals surface area contributed by atoms with Crippen LogP contribution in [0.15, 0.2) is 54.8 Å². The molecule has 2 unspecified atom stereocenters. The Hall–Kier alpha value is -3.71. The maximum absolute atomic E-state index is 13.0.